The Morgan fingerprint density at radius 3 is 2.38 bits per heavy atom. The van der Waals surface area contributed by atoms with Crippen molar-refractivity contribution in [1.29, 1.82) is 0 Å². The molecule has 4 aromatic carbocycles. The lowest BCUT2D eigenvalue weighted by atomic mass is 9.95. The molecule has 2 aliphatic heterocycles. The van der Waals surface area contributed by atoms with Gasteiger partial charge in [0.15, 0.2) is 0 Å². The van der Waals surface area contributed by atoms with Crippen molar-refractivity contribution in [2.45, 2.75) is 18.7 Å². The van der Waals surface area contributed by atoms with Crippen LogP contribution in [0.4, 0.5) is 0 Å². The number of hydrogen-bond donors (Lipinski definition) is 0. The average Bonchev–Trinajstić information content (AvgIpc) is 3.25. The van der Waals surface area contributed by atoms with E-state index < -0.39 is 0 Å². The van der Waals surface area contributed by atoms with Gasteiger partial charge in [-0.05, 0) is 22.4 Å². The molecule has 2 aliphatic rings. The molecular weight excluding hydrogens is 356 g/mol. The summed E-state index contributed by atoms with van der Waals surface area (Å²) in [6.45, 7) is 0. The molecule has 0 unspecified atom stereocenters. The van der Waals surface area contributed by atoms with E-state index in [-0.39, 0.29) is 12.3 Å². The maximum Gasteiger partial charge on any atom is 0.214 e. The summed E-state index contributed by atoms with van der Waals surface area (Å²) in [5, 5.41) is 9.66. The van der Waals surface area contributed by atoms with Crippen molar-refractivity contribution >= 4 is 16.5 Å². The summed E-state index contributed by atoms with van der Waals surface area (Å²) in [6.07, 6.45) is 0.633. The second kappa shape index (κ2) is 6.49. The fraction of sp³-hybridized carbons (Fsp3) is 0.115. The molecule has 0 N–H and O–H groups in total. The van der Waals surface area contributed by atoms with Crippen LogP contribution in [0.5, 0.6) is 5.75 Å². The lowest BCUT2D eigenvalue weighted by molar-refractivity contribution is -0.0180. The van der Waals surface area contributed by atoms with Gasteiger partial charge in [-0.2, -0.15) is 5.10 Å². The van der Waals surface area contributed by atoms with E-state index in [9.17, 15) is 0 Å². The highest BCUT2D eigenvalue weighted by atomic mass is 16.5. The van der Waals surface area contributed by atoms with Crippen LogP contribution in [0.15, 0.2) is 102 Å². The predicted octanol–water partition coefficient (Wildman–Crippen LogP) is 6.08. The van der Waals surface area contributed by atoms with Crippen LogP contribution in [-0.4, -0.2) is 10.7 Å². The van der Waals surface area contributed by atoms with Crippen molar-refractivity contribution in [2.75, 3.05) is 0 Å². The SMILES string of the molecule is c1ccc(C2=NN3[C@@H](C2)c2ccccc2O[C@H]3c2cccc3ccccc23)cc1. The van der Waals surface area contributed by atoms with Gasteiger partial charge in [-0.15, -0.1) is 0 Å². The van der Waals surface area contributed by atoms with Crippen molar-refractivity contribution in [1.82, 2.24) is 5.01 Å². The number of hydrazone groups is 1. The second-order valence-corrected chi connectivity index (χ2v) is 7.59. The Hall–Kier alpha value is -3.59. The maximum atomic E-state index is 6.54. The molecule has 0 aliphatic carbocycles. The molecular formula is C26H20N2O. The fourth-order valence-electron chi connectivity index (χ4n) is 4.51. The summed E-state index contributed by atoms with van der Waals surface area (Å²) in [6, 6.07) is 33.9. The number of nitrogens with zero attached hydrogens (tertiary/aromatic N) is 2. The minimum Gasteiger partial charge on any atom is -0.464 e. The zero-order valence-electron chi connectivity index (χ0n) is 15.9. The lowest BCUT2D eigenvalue weighted by Crippen LogP contribution is -2.33. The summed E-state index contributed by atoms with van der Waals surface area (Å²) in [5.41, 5.74) is 4.65. The first-order valence-electron chi connectivity index (χ1n) is 10.0. The van der Waals surface area contributed by atoms with Crippen molar-refractivity contribution in [3.8, 4) is 5.75 Å². The fourth-order valence-corrected chi connectivity index (χ4v) is 4.51. The summed E-state index contributed by atoms with van der Waals surface area (Å²) in [4.78, 5) is 0. The van der Waals surface area contributed by atoms with Gasteiger partial charge in [0, 0.05) is 17.5 Å². The van der Waals surface area contributed by atoms with E-state index in [1.807, 2.05) is 12.1 Å². The number of para-hydroxylation sites is 1. The van der Waals surface area contributed by atoms with E-state index in [4.69, 9.17) is 9.84 Å². The largest absolute Gasteiger partial charge is 0.464 e. The monoisotopic (exact) mass is 376 g/mol. The molecule has 3 heteroatoms. The summed E-state index contributed by atoms with van der Waals surface area (Å²) in [7, 11) is 0. The van der Waals surface area contributed by atoms with Gasteiger partial charge in [0.2, 0.25) is 6.23 Å². The normalized spacial score (nSPS) is 20.0. The third kappa shape index (κ3) is 2.62. The molecule has 140 valence electrons. The molecule has 4 aromatic rings. The van der Waals surface area contributed by atoms with Crippen LogP contribution in [0.3, 0.4) is 0 Å². The van der Waals surface area contributed by atoms with E-state index in [0.717, 1.165) is 23.4 Å². The zero-order chi connectivity index (χ0) is 19.2. The van der Waals surface area contributed by atoms with Crippen LogP contribution in [0.2, 0.25) is 0 Å². The molecule has 29 heavy (non-hydrogen) atoms. The average molecular weight is 376 g/mol. The van der Waals surface area contributed by atoms with E-state index in [1.54, 1.807) is 0 Å². The summed E-state index contributed by atoms with van der Waals surface area (Å²) < 4.78 is 6.54. The van der Waals surface area contributed by atoms with Gasteiger partial charge in [0.05, 0.1) is 11.8 Å². The van der Waals surface area contributed by atoms with Crippen LogP contribution in [0.25, 0.3) is 10.8 Å². The Morgan fingerprint density at radius 1 is 0.724 bits per heavy atom. The molecule has 6 rings (SSSR count). The third-order valence-corrected chi connectivity index (χ3v) is 5.90. The number of fused-ring (bicyclic) bond motifs is 4. The molecule has 2 heterocycles. The van der Waals surface area contributed by atoms with Crippen molar-refractivity contribution in [3.05, 3.63) is 114 Å². The van der Waals surface area contributed by atoms with Crippen LogP contribution < -0.4 is 4.74 Å². The van der Waals surface area contributed by atoms with Gasteiger partial charge in [-0.1, -0.05) is 91.0 Å². The smallest absolute Gasteiger partial charge is 0.214 e. The lowest BCUT2D eigenvalue weighted by Gasteiger charge is -2.38. The molecule has 0 saturated heterocycles. The van der Waals surface area contributed by atoms with Gasteiger partial charge in [-0.25, -0.2) is 5.01 Å². The van der Waals surface area contributed by atoms with Crippen molar-refractivity contribution in [3.63, 3.8) is 0 Å². The molecule has 0 aromatic heterocycles. The first-order chi connectivity index (χ1) is 14.4. The van der Waals surface area contributed by atoms with E-state index in [0.29, 0.717) is 0 Å². The minimum atomic E-state index is -0.248. The number of rotatable bonds is 2. The van der Waals surface area contributed by atoms with E-state index in [1.165, 1.54) is 21.9 Å². The van der Waals surface area contributed by atoms with Crippen molar-refractivity contribution < 1.29 is 4.74 Å². The Balaban J connectivity index is 1.52. The highest BCUT2D eigenvalue weighted by Crippen LogP contribution is 2.48. The predicted molar refractivity (Wildman–Crippen MR) is 116 cm³/mol. The van der Waals surface area contributed by atoms with Crippen LogP contribution in [0.1, 0.15) is 35.4 Å². The standard InChI is InChI=1S/C26H20N2O/c1-2-10-19(11-3-1)23-17-24-22-14-6-7-16-25(22)29-26(28(24)27-23)21-15-8-12-18-9-4-5-13-20(18)21/h1-16,24,26H,17H2/t24-,26-/m0/s1. The first-order valence-corrected chi connectivity index (χ1v) is 10.0. The first kappa shape index (κ1) is 16.4. The molecule has 2 atom stereocenters. The number of hydrogen-bond acceptors (Lipinski definition) is 3. The Bertz CT molecular complexity index is 1230. The van der Waals surface area contributed by atoms with Gasteiger partial charge in [0.1, 0.15) is 5.75 Å². The Labute approximate surface area is 169 Å². The number of benzene rings is 4. The Kier molecular flexibility index (Phi) is 3.66. The molecule has 0 fully saturated rings. The van der Waals surface area contributed by atoms with Gasteiger partial charge >= 0.3 is 0 Å². The topological polar surface area (TPSA) is 24.8 Å². The Morgan fingerprint density at radius 2 is 1.45 bits per heavy atom. The zero-order valence-corrected chi connectivity index (χ0v) is 15.9. The minimum absolute atomic E-state index is 0.180. The summed E-state index contributed by atoms with van der Waals surface area (Å²) >= 11 is 0. The third-order valence-electron chi connectivity index (χ3n) is 5.90. The van der Waals surface area contributed by atoms with Gasteiger partial charge in [0.25, 0.3) is 0 Å². The van der Waals surface area contributed by atoms with E-state index >= 15 is 0 Å². The second-order valence-electron chi connectivity index (χ2n) is 7.59. The van der Waals surface area contributed by atoms with E-state index in [2.05, 4.69) is 89.9 Å². The summed E-state index contributed by atoms with van der Waals surface area (Å²) in [5.74, 6) is 0.955. The highest BCUT2D eigenvalue weighted by molar-refractivity contribution is 6.02. The molecule has 0 amide bonds. The molecule has 0 bridgehead atoms. The van der Waals surface area contributed by atoms with Crippen LogP contribution in [0, 0.1) is 0 Å². The molecule has 0 saturated carbocycles. The maximum absolute atomic E-state index is 6.54. The van der Waals surface area contributed by atoms with Crippen molar-refractivity contribution in [2.24, 2.45) is 5.10 Å². The molecule has 3 nitrogen and oxygen atoms in total. The van der Waals surface area contributed by atoms with Gasteiger partial charge in [-0.3, -0.25) is 0 Å². The van der Waals surface area contributed by atoms with Crippen LogP contribution in [-0.2, 0) is 0 Å². The highest BCUT2D eigenvalue weighted by Gasteiger charge is 2.41. The molecule has 0 spiro atoms. The van der Waals surface area contributed by atoms with Gasteiger partial charge < -0.3 is 4.74 Å². The quantitative estimate of drug-likeness (QED) is 0.423. The molecule has 0 radical (unpaired) electrons. The number of ether oxygens (including phenoxy) is 1. The van der Waals surface area contributed by atoms with Crippen LogP contribution >= 0.6 is 0 Å².